The highest BCUT2D eigenvalue weighted by molar-refractivity contribution is 7.69. The molecule has 0 aromatic heterocycles. The highest BCUT2D eigenvalue weighted by Crippen LogP contribution is 2.40. The van der Waals surface area contributed by atoms with Crippen molar-refractivity contribution in [1.29, 1.82) is 0 Å². The van der Waals surface area contributed by atoms with Crippen LogP contribution in [-0.4, -0.2) is 6.29 Å². The fraction of sp³-hybridized carbons (Fsp3) is 0.143. The van der Waals surface area contributed by atoms with Crippen LogP contribution in [0.2, 0.25) is 0 Å². The first-order valence-electron chi connectivity index (χ1n) is 3.03. The molecular formula is C7H8NP. The molecular weight excluding hydrogens is 129 g/mol. The highest BCUT2D eigenvalue weighted by atomic mass is 31.1. The van der Waals surface area contributed by atoms with Crippen LogP contribution in [0.15, 0.2) is 30.3 Å². The molecule has 46 valence electrons. The second-order valence-corrected chi connectivity index (χ2v) is 4.08. The molecule has 0 saturated carbocycles. The third-order valence-corrected chi connectivity index (χ3v) is 2.94. The van der Waals surface area contributed by atoms with Gasteiger partial charge in [-0.2, -0.15) is 0 Å². The maximum Gasteiger partial charge on any atom is 0.0368 e. The van der Waals surface area contributed by atoms with Gasteiger partial charge in [-0.3, -0.25) is 5.09 Å². The van der Waals surface area contributed by atoms with Crippen molar-refractivity contribution in [2.45, 2.75) is 0 Å². The molecule has 1 nitrogen and oxygen atoms in total. The summed E-state index contributed by atoms with van der Waals surface area (Å²) in [6, 6.07) is 10.6. The third-order valence-electron chi connectivity index (χ3n) is 1.38. The van der Waals surface area contributed by atoms with Gasteiger partial charge in [-0.15, -0.1) is 0 Å². The van der Waals surface area contributed by atoms with Gasteiger partial charge >= 0.3 is 0 Å². The largest absolute Gasteiger partial charge is 0.285 e. The van der Waals surface area contributed by atoms with Gasteiger partial charge in [-0.05, 0) is 5.30 Å². The number of hydrogen-bond acceptors (Lipinski definition) is 1. The van der Waals surface area contributed by atoms with Crippen LogP contribution in [0.5, 0.6) is 0 Å². The molecule has 2 rings (SSSR count). The van der Waals surface area contributed by atoms with Crippen molar-refractivity contribution in [2.24, 2.45) is 0 Å². The summed E-state index contributed by atoms with van der Waals surface area (Å²) < 4.78 is 0. The first kappa shape index (κ1) is 5.40. The summed E-state index contributed by atoms with van der Waals surface area (Å²) in [5, 5.41) is 4.79. The fourth-order valence-electron chi connectivity index (χ4n) is 0.826. The predicted molar refractivity (Wildman–Crippen MR) is 41.0 cm³/mol. The SMILES string of the molecule is c1ccc(P2CN2)cc1. The number of benzene rings is 1. The van der Waals surface area contributed by atoms with Gasteiger partial charge in [0.25, 0.3) is 0 Å². The molecule has 1 atom stereocenters. The average molecular weight is 137 g/mol. The minimum atomic E-state index is 0.104. The van der Waals surface area contributed by atoms with Crippen molar-refractivity contribution in [1.82, 2.24) is 5.09 Å². The van der Waals surface area contributed by atoms with Crippen molar-refractivity contribution in [3.05, 3.63) is 30.3 Å². The summed E-state index contributed by atoms with van der Waals surface area (Å²) in [4.78, 5) is 0. The third kappa shape index (κ3) is 1.12. The maximum absolute atomic E-state index is 3.32. The Morgan fingerprint density at radius 2 is 1.89 bits per heavy atom. The molecule has 9 heavy (non-hydrogen) atoms. The molecule has 0 radical (unpaired) electrons. The standard InChI is InChI=1S/C7H8NP/c1-2-4-7(5-3-1)9-6-8-9/h1-5,8H,6H2. The van der Waals surface area contributed by atoms with E-state index >= 15 is 0 Å². The van der Waals surface area contributed by atoms with Gasteiger partial charge in [0.05, 0.1) is 0 Å². The Morgan fingerprint density at radius 1 is 1.22 bits per heavy atom. The lowest BCUT2D eigenvalue weighted by Gasteiger charge is -1.91. The zero-order chi connectivity index (χ0) is 6.10. The smallest absolute Gasteiger partial charge is 0.0368 e. The summed E-state index contributed by atoms with van der Waals surface area (Å²) in [6.45, 7) is 0. The van der Waals surface area contributed by atoms with Crippen LogP contribution in [0.3, 0.4) is 0 Å². The second kappa shape index (κ2) is 2.09. The summed E-state index contributed by atoms with van der Waals surface area (Å²) in [7, 11) is 0.104. The summed E-state index contributed by atoms with van der Waals surface area (Å²) in [6.07, 6.45) is 1.22. The van der Waals surface area contributed by atoms with Gasteiger partial charge in [0.1, 0.15) is 0 Å². The van der Waals surface area contributed by atoms with Crippen LogP contribution in [-0.2, 0) is 0 Å². The van der Waals surface area contributed by atoms with Gasteiger partial charge in [0.15, 0.2) is 0 Å². The molecule has 1 aromatic rings. The Balaban J connectivity index is 2.29. The van der Waals surface area contributed by atoms with Gasteiger partial charge in [0.2, 0.25) is 0 Å². The quantitative estimate of drug-likeness (QED) is 0.457. The number of hydrogen-bond donors (Lipinski definition) is 1. The van der Waals surface area contributed by atoms with E-state index < -0.39 is 0 Å². The molecule has 1 aliphatic heterocycles. The summed E-state index contributed by atoms with van der Waals surface area (Å²) in [5.74, 6) is 0. The Kier molecular flexibility index (Phi) is 1.25. The maximum atomic E-state index is 3.32. The van der Waals surface area contributed by atoms with Crippen molar-refractivity contribution in [3.8, 4) is 0 Å². The second-order valence-electron chi connectivity index (χ2n) is 2.08. The van der Waals surface area contributed by atoms with Crippen molar-refractivity contribution in [2.75, 3.05) is 6.29 Å². The molecule has 0 amide bonds. The van der Waals surface area contributed by atoms with E-state index in [-0.39, 0.29) is 8.07 Å². The van der Waals surface area contributed by atoms with E-state index in [1.807, 2.05) is 0 Å². The fourth-order valence-corrected chi connectivity index (χ4v) is 2.01. The molecule has 1 saturated heterocycles. The van der Waals surface area contributed by atoms with Gasteiger partial charge in [-0.1, -0.05) is 30.3 Å². The lowest BCUT2D eigenvalue weighted by Crippen LogP contribution is -1.91. The van der Waals surface area contributed by atoms with E-state index in [0.29, 0.717) is 0 Å². The molecule has 0 aliphatic carbocycles. The Morgan fingerprint density at radius 3 is 2.44 bits per heavy atom. The Hall–Kier alpha value is -0.390. The molecule has 1 fully saturated rings. The minimum Gasteiger partial charge on any atom is -0.285 e. The molecule has 0 bridgehead atoms. The normalized spacial score (nSPS) is 23.8. The lowest BCUT2D eigenvalue weighted by molar-refractivity contribution is 1.41. The van der Waals surface area contributed by atoms with E-state index in [1.54, 1.807) is 0 Å². The average Bonchev–Trinajstić information content (AvgIpc) is 2.71. The highest BCUT2D eigenvalue weighted by Gasteiger charge is 2.20. The van der Waals surface area contributed by atoms with E-state index in [9.17, 15) is 0 Å². The number of rotatable bonds is 1. The van der Waals surface area contributed by atoms with E-state index in [1.165, 1.54) is 11.6 Å². The first-order chi connectivity index (χ1) is 4.47. The van der Waals surface area contributed by atoms with E-state index in [0.717, 1.165) is 0 Å². The van der Waals surface area contributed by atoms with Crippen LogP contribution in [0.25, 0.3) is 0 Å². The summed E-state index contributed by atoms with van der Waals surface area (Å²) >= 11 is 0. The topological polar surface area (TPSA) is 21.9 Å². The molecule has 1 unspecified atom stereocenters. The minimum absolute atomic E-state index is 0.104. The summed E-state index contributed by atoms with van der Waals surface area (Å²) in [5.41, 5.74) is 0. The van der Waals surface area contributed by atoms with Crippen LogP contribution < -0.4 is 10.4 Å². The van der Waals surface area contributed by atoms with Crippen LogP contribution in [0, 0.1) is 0 Å². The number of nitrogens with one attached hydrogen (secondary N) is 1. The molecule has 0 spiro atoms. The first-order valence-corrected chi connectivity index (χ1v) is 4.55. The van der Waals surface area contributed by atoms with Gasteiger partial charge < -0.3 is 0 Å². The predicted octanol–water partition coefficient (Wildman–Crippen LogP) is 1.27. The monoisotopic (exact) mass is 137 g/mol. The van der Waals surface area contributed by atoms with Crippen LogP contribution in [0.1, 0.15) is 0 Å². The molecule has 1 heterocycles. The zero-order valence-electron chi connectivity index (χ0n) is 5.04. The van der Waals surface area contributed by atoms with Crippen LogP contribution in [0.4, 0.5) is 0 Å². The van der Waals surface area contributed by atoms with E-state index in [4.69, 9.17) is 0 Å². The van der Waals surface area contributed by atoms with E-state index in [2.05, 4.69) is 35.4 Å². The Labute approximate surface area is 55.9 Å². The van der Waals surface area contributed by atoms with Gasteiger partial charge in [-0.25, -0.2) is 0 Å². The molecule has 2 heteroatoms. The molecule has 1 aliphatic rings. The Bertz CT molecular complexity index is 193. The molecule has 1 N–H and O–H groups in total. The zero-order valence-corrected chi connectivity index (χ0v) is 5.94. The van der Waals surface area contributed by atoms with Crippen LogP contribution >= 0.6 is 8.07 Å². The van der Waals surface area contributed by atoms with Crippen molar-refractivity contribution in [3.63, 3.8) is 0 Å². The van der Waals surface area contributed by atoms with Crippen molar-refractivity contribution >= 4 is 13.4 Å². The molecule has 1 aromatic carbocycles. The lowest BCUT2D eigenvalue weighted by atomic mass is 10.4. The van der Waals surface area contributed by atoms with Crippen molar-refractivity contribution < 1.29 is 0 Å². The van der Waals surface area contributed by atoms with Gasteiger partial charge in [0, 0.05) is 14.4 Å².